The molecule has 29 heavy (non-hydrogen) atoms. The predicted molar refractivity (Wildman–Crippen MR) is 101 cm³/mol. The first kappa shape index (κ1) is 21.2. The normalized spacial score (nSPS) is 14.7. The lowest BCUT2D eigenvalue weighted by atomic mass is 10.3. The van der Waals surface area contributed by atoms with E-state index < -0.39 is 12.7 Å². The number of hydrogen-bond donors (Lipinski definition) is 1. The van der Waals surface area contributed by atoms with Gasteiger partial charge in [0.05, 0.1) is 26.1 Å². The first-order chi connectivity index (χ1) is 13.9. The predicted octanol–water partition coefficient (Wildman–Crippen LogP) is 2.42. The van der Waals surface area contributed by atoms with Gasteiger partial charge in [-0.3, -0.25) is 9.36 Å². The van der Waals surface area contributed by atoms with Gasteiger partial charge in [0.25, 0.3) is 0 Å². The zero-order valence-electron chi connectivity index (χ0n) is 15.6. The number of hydrogen-bond acceptors (Lipinski definition) is 7. The molecule has 2 heterocycles. The van der Waals surface area contributed by atoms with Crippen molar-refractivity contribution in [2.75, 3.05) is 49.4 Å². The highest BCUT2D eigenvalue weighted by molar-refractivity contribution is 7.99. The van der Waals surface area contributed by atoms with E-state index in [9.17, 15) is 18.0 Å². The summed E-state index contributed by atoms with van der Waals surface area (Å²) < 4.78 is 50.6. The van der Waals surface area contributed by atoms with Crippen molar-refractivity contribution in [2.45, 2.75) is 17.9 Å². The summed E-state index contributed by atoms with van der Waals surface area (Å²) in [6, 6.07) is 6.78. The molecule has 1 saturated heterocycles. The lowest BCUT2D eigenvalue weighted by Gasteiger charge is -2.28. The molecule has 1 amide bonds. The molecule has 0 aliphatic carbocycles. The number of carbonyl (C=O) groups is 1. The van der Waals surface area contributed by atoms with Crippen molar-refractivity contribution < 1.29 is 27.4 Å². The second-order valence-corrected chi connectivity index (χ2v) is 7.09. The molecule has 0 unspecified atom stereocenters. The fourth-order valence-electron chi connectivity index (χ4n) is 2.73. The summed E-state index contributed by atoms with van der Waals surface area (Å²) in [6.45, 7) is 0.440. The summed E-state index contributed by atoms with van der Waals surface area (Å²) in [7, 11) is 1.51. The van der Waals surface area contributed by atoms with Crippen LogP contribution in [-0.2, 0) is 16.1 Å². The quantitative estimate of drug-likeness (QED) is 0.675. The molecule has 1 aromatic carbocycles. The fraction of sp³-hybridized carbons (Fsp3) is 0.471. The number of thioether (sulfide) groups is 1. The molecule has 1 aliphatic heterocycles. The largest absolute Gasteiger partial charge is 0.497 e. The van der Waals surface area contributed by atoms with Crippen molar-refractivity contribution in [3.8, 4) is 5.75 Å². The van der Waals surface area contributed by atoms with Crippen LogP contribution in [-0.4, -0.2) is 66.0 Å². The Bertz CT molecular complexity index is 840. The number of alkyl halides is 3. The molecule has 0 spiro atoms. The average Bonchev–Trinajstić information content (AvgIpc) is 3.08. The molecule has 1 aromatic heterocycles. The van der Waals surface area contributed by atoms with Gasteiger partial charge in [-0.15, -0.1) is 10.2 Å². The SMILES string of the molecule is COc1cccc(NC(=O)CSc2nnc(N3CCOCC3)n2CC(F)(F)F)c1. The Balaban J connectivity index is 1.68. The third-order valence-electron chi connectivity index (χ3n) is 4.01. The number of carbonyl (C=O) groups excluding carboxylic acids is 1. The molecule has 1 fully saturated rings. The highest BCUT2D eigenvalue weighted by Crippen LogP contribution is 2.28. The van der Waals surface area contributed by atoms with Crippen LogP contribution in [0.15, 0.2) is 29.4 Å². The van der Waals surface area contributed by atoms with Crippen molar-refractivity contribution in [3.63, 3.8) is 0 Å². The Kier molecular flexibility index (Phi) is 6.85. The van der Waals surface area contributed by atoms with Crippen LogP contribution in [0.3, 0.4) is 0 Å². The fourth-order valence-corrected chi connectivity index (χ4v) is 3.46. The number of nitrogens with zero attached hydrogens (tertiary/aromatic N) is 4. The van der Waals surface area contributed by atoms with Gasteiger partial charge in [-0.25, -0.2) is 0 Å². The topological polar surface area (TPSA) is 81.5 Å². The van der Waals surface area contributed by atoms with E-state index >= 15 is 0 Å². The molecule has 0 saturated carbocycles. The standard InChI is InChI=1S/C17H20F3N5O3S/c1-27-13-4-2-3-12(9-13)21-14(26)10-29-16-23-22-15(24-5-7-28-8-6-24)25(16)11-17(18,19)20/h2-4,9H,5-8,10-11H2,1H3,(H,21,26). The van der Waals surface area contributed by atoms with Crippen molar-refractivity contribution in [2.24, 2.45) is 0 Å². The van der Waals surface area contributed by atoms with Gasteiger partial charge in [-0.1, -0.05) is 17.8 Å². The number of morpholine rings is 1. The minimum atomic E-state index is -4.44. The molecule has 1 N–H and O–H groups in total. The Labute approximate surface area is 169 Å². The van der Waals surface area contributed by atoms with Gasteiger partial charge in [0, 0.05) is 24.8 Å². The van der Waals surface area contributed by atoms with E-state index in [1.807, 2.05) is 0 Å². The number of halogens is 3. The number of nitrogens with one attached hydrogen (secondary N) is 1. The second-order valence-electron chi connectivity index (χ2n) is 6.15. The number of anilines is 2. The third kappa shape index (κ3) is 6.00. The molecular weight excluding hydrogens is 411 g/mol. The van der Waals surface area contributed by atoms with E-state index in [2.05, 4.69) is 15.5 Å². The molecule has 8 nitrogen and oxygen atoms in total. The van der Waals surface area contributed by atoms with Gasteiger partial charge in [-0.2, -0.15) is 13.2 Å². The summed E-state index contributed by atoms with van der Waals surface area (Å²) in [5, 5.41) is 10.5. The van der Waals surface area contributed by atoms with E-state index in [0.29, 0.717) is 37.7 Å². The molecule has 0 atom stereocenters. The summed E-state index contributed by atoms with van der Waals surface area (Å²) in [5.74, 6) is 0.214. The van der Waals surface area contributed by atoms with Crippen LogP contribution in [0.5, 0.6) is 5.75 Å². The summed E-state index contributed by atoms with van der Waals surface area (Å²) in [6.07, 6.45) is -4.44. The van der Waals surface area contributed by atoms with Crippen LogP contribution in [0.2, 0.25) is 0 Å². The first-order valence-corrected chi connectivity index (χ1v) is 9.73. The van der Waals surface area contributed by atoms with Gasteiger partial charge < -0.3 is 19.7 Å². The zero-order chi connectivity index (χ0) is 20.9. The maximum Gasteiger partial charge on any atom is 0.406 e. The van der Waals surface area contributed by atoms with Gasteiger partial charge in [0.1, 0.15) is 12.3 Å². The lowest BCUT2D eigenvalue weighted by molar-refractivity contribution is -0.141. The first-order valence-electron chi connectivity index (χ1n) is 8.75. The molecule has 0 bridgehead atoms. The minimum Gasteiger partial charge on any atom is -0.497 e. The molecule has 2 aromatic rings. The minimum absolute atomic E-state index is 0.0320. The Morgan fingerprint density at radius 2 is 2.07 bits per heavy atom. The molecule has 12 heteroatoms. The van der Waals surface area contributed by atoms with Crippen molar-refractivity contribution >= 4 is 29.3 Å². The maximum atomic E-state index is 13.1. The Morgan fingerprint density at radius 3 is 2.76 bits per heavy atom. The summed E-state index contributed by atoms with van der Waals surface area (Å²) in [5.41, 5.74) is 0.528. The molecule has 1 aliphatic rings. The van der Waals surface area contributed by atoms with E-state index in [1.165, 1.54) is 7.11 Å². The highest BCUT2D eigenvalue weighted by Gasteiger charge is 2.33. The van der Waals surface area contributed by atoms with Gasteiger partial charge in [0.15, 0.2) is 5.16 Å². The average molecular weight is 431 g/mol. The lowest BCUT2D eigenvalue weighted by Crippen LogP contribution is -2.38. The number of aromatic nitrogens is 3. The number of ether oxygens (including phenoxy) is 2. The molecular formula is C17H20F3N5O3S. The molecule has 158 valence electrons. The Morgan fingerprint density at radius 1 is 1.31 bits per heavy atom. The summed E-state index contributed by atoms with van der Waals surface area (Å²) >= 11 is 0.898. The van der Waals surface area contributed by atoms with E-state index in [0.717, 1.165) is 16.3 Å². The number of amides is 1. The van der Waals surface area contributed by atoms with Crippen molar-refractivity contribution in [1.29, 1.82) is 0 Å². The molecule has 0 radical (unpaired) electrons. The zero-order valence-corrected chi connectivity index (χ0v) is 16.4. The smallest absolute Gasteiger partial charge is 0.406 e. The van der Waals surface area contributed by atoms with E-state index in [1.54, 1.807) is 29.2 Å². The number of methoxy groups -OCH3 is 1. The third-order valence-corrected chi connectivity index (χ3v) is 4.98. The molecule has 3 rings (SSSR count). The van der Waals surface area contributed by atoms with Gasteiger partial charge >= 0.3 is 6.18 Å². The van der Waals surface area contributed by atoms with Crippen LogP contribution in [0.1, 0.15) is 0 Å². The highest BCUT2D eigenvalue weighted by atomic mass is 32.2. The second kappa shape index (κ2) is 9.35. The van der Waals surface area contributed by atoms with Crippen LogP contribution in [0.25, 0.3) is 0 Å². The van der Waals surface area contributed by atoms with Crippen LogP contribution < -0.4 is 15.0 Å². The van der Waals surface area contributed by atoms with Gasteiger partial charge in [-0.05, 0) is 12.1 Å². The monoisotopic (exact) mass is 431 g/mol. The Hall–Kier alpha value is -2.47. The summed E-state index contributed by atoms with van der Waals surface area (Å²) in [4.78, 5) is 13.9. The maximum absolute atomic E-state index is 13.1. The van der Waals surface area contributed by atoms with Crippen LogP contribution in [0.4, 0.5) is 24.8 Å². The van der Waals surface area contributed by atoms with Crippen molar-refractivity contribution in [1.82, 2.24) is 14.8 Å². The van der Waals surface area contributed by atoms with E-state index in [4.69, 9.17) is 9.47 Å². The van der Waals surface area contributed by atoms with Crippen LogP contribution >= 0.6 is 11.8 Å². The van der Waals surface area contributed by atoms with Crippen LogP contribution in [0, 0.1) is 0 Å². The van der Waals surface area contributed by atoms with Crippen molar-refractivity contribution in [3.05, 3.63) is 24.3 Å². The number of benzene rings is 1. The van der Waals surface area contributed by atoms with Gasteiger partial charge in [0.2, 0.25) is 11.9 Å². The van der Waals surface area contributed by atoms with E-state index in [-0.39, 0.29) is 22.8 Å². The number of rotatable bonds is 7.